The van der Waals surface area contributed by atoms with E-state index in [1.165, 1.54) is 4.90 Å². The molecule has 0 bridgehead atoms. The molecule has 6 nitrogen and oxygen atoms in total. The largest absolute Gasteiger partial charge is 0.466 e. The fourth-order valence-corrected chi connectivity index (χ4v) is 4.30. The number of imide groups is 1. The van der Waals surface area contributed by atoms with Crippen molar-refractivity contribution in [3.63, 3.8) is 0 Å². The van der Waals surface area contributed by atoms with E-state index in [0.29, 0.717) is 25.4 Å². The minimum atomic E-state index is -0.510. The van der Waals surface area contributed by atoms with E-state index in [-0.39, 0.29) is 30.1 Å². The number of anilines is 1. The number of piperidine rings is 1. The molecule has 0 aliphatic carbocycles. The lowest BCUT2D eigenvalue weighted by molar-refractivity contribution is -0.150. The van der Waals surface area contributed by atoms with Crippen LogP contribution in [-0.4, -0.2) is 48.4 Å². The zero-order valence-corrected chi connectivity index (χ0v) is 16.0. The zero-order valence-electron chi connectivity index (χ0n) is 16.0. The predicted octanol–water partition coefficient (Wildman–Crippen LogP) is 2.75. The zero-order chi connectivity index (χ0) is 19.7. The Morgan fingerprint density at radius 2 is 1.93 bits per heavy atom. The molecule has 2 aliphatic rings. The summed E-state index contributed by atoms with van der Waals surface area (Å²) in [5.74, 6) is -0.839. The van der Waals surface area contributed by atoms with E-state index in [2.05, 4.69) is 0 Å². The highest BCUT2D eigenvalue weighted by atomic mass is 16.5. The molecule has 2 heterocycles. The molecule has 2 amide bonds. The molecule has 2 aromatic carbocycles. The number of carbonyl (C=O) groups excluding carboxylic acids is 3. The summed E-state index contributed by atoms with van der Waals surface area (Å²) in [6, 6.07) is 12.9. The van der Waals surface area contributed by atoms with E-state index in [1.54, 1.807) is 6.92 Å². The highest BCUT2D eigenvalue weighted by Gasteiger charge is 2.44. The van der Waals surface area contributed by atoms with Crippen molar-refractivity contribution in [1.29, 1.82) is 0 Å². The van der Waals surface area contributed by atoms with Crippen molar-refractivity contribution in [3.05, 3.63) is 42.5 Å². The summed E-state index contributed by atoms with van der Waals surface area (Å²) >= 11 is 0. The fourth-order valence-electron chi connectivity index (χ4n) is 4.30. The predicted molar refractivity (Wildman–Crippen MR) is 106 cm³/mol. The molecular weight excluding hydrogens is 356 g/mol. The van der Waals surface area contributed by atoms with Gasteiger partial charge in [-0.15, -0.1) is 0 Å². The third kappa shape index (κ3) is 3.29. The van der Waals surface area contributed by atoms with Gasteiger partial charge >= 0.3 is 5.97 Å². The van der Waals surface area contributed by atoms with Gasteiger partial charge < -0.3 is 4.74 Å². The number of benzene rings is 2. The van der Waals surface area contributed by atoms with Crippen LogP contribution in [0.25, 0.3) is 10.8 Å². The maximum Gasteiger partial charge on any atom is 0.310 e. The standard InChI is InChI=1S/C22H24N2O4/c1-2-28-22(27)16-9-6-12-23(14-16)19-13-20(25)24(21(19)26)18-11-5-8-15-7-3-4-10-17(15)18/h3-5,7-8,10-11,16,19H,2,6,9,12-14H2,1H3. The van der Waals surface area contributed by atoms with Gasteiger partial charge in [-0.2, -0.15) is 0 Å². The molecule has 28 heavy (non-hydrogen) atoms. The Bertz CT molecular complexity index is 920. The molecule has 0 radical (unpaired) electrons. The van der Waals surface area contributed by atoms with Crippen LogP contribution in [-0.2, 0) is 19.1 Å². The maximum absolute atomic E-state index is 13.2. The average Bonchev–Trinajstić information content (AvgIpc) is 3.02. The van der Waals surface area contributed by atoms with Gasteiger partial charge in [-0.3, -0.25) is 19.3 Å². The van der Waals surface area contributed by atoms with Crippen LogP contribution in [0.5, 0.6) is 0 Å². The molecule has 2 aromatic rings. The van der Waals surface area contributed by atoms with Gasteiger partial charge in [-0.25, -0.2) is 4.90 Å². The third-order valence-corrected chi connectivity index (χ3v) is 5.64. The smallest absolute Gasteiger partial charge is 0.310 e. The van der Waals surface area contributed by atoms with Crippen LogP contribution < -0.4 is 4.90 Å². The number of rotatable bonds is 4. The lowest BCUT2D eigenvalue weighted by Crippen LogP contribution is -2.48. The van der Waals surface area contributed by atoms with Gasteiger partial charge in [0.1, 0.15) is 0 Å². The Morgan fingerprint density at radius 3 is 2.75 bits per heavy atom. The van der Waals surface area contributed by atoms with E-state index in [1.807, 2.05) is 47.4 Å². The number of esters is 1. The van der Waals surface area contributed by atoms with Crippen molar-refractivity contribution < 1.29 is 19.1 Å². The van der Waals surface area contributed by atoms with Gasteiger partial charge in [0.25, 0.3) is 5.91 Å². The van der Waals surface area contributed by atoms with E-state index < -0.39 is 6.04 Å². The van der Waals surface area contributed by atoms with Gasteiger partial charge in [-0.1, -0.05) is 36.4 Å². The SMILES string of the molecule is CCOC(=O)C1CCCN(C2CC(=O)N(c3cccc4ccccc34)C2=O)C1. The molecule has 6 heteroatoms. The van der Waals surface area contributed by atoms with Crippen LogP contribution in [0.4, 0.5) is 5.69 Å². The summed E-state index contributed by atoms with van der Waals surface area (Å²) in [7, 11) is 0. The molecule has 0 aromatic heterocycles. The first-order valence-electron chi connectivity index (χ1n) is 9.85. The summed E-state index contributed by atoms with van der Waals surface area (Å²) in [6.07, 6.45) is 1.73. The van der Waals surface area contributed by atoms with Crippen LogP contribution in [0, 0.1) is 5.92 Å². The van der Waals surface area contributed by atoms with Crippen molar-refractivity contribution in [2.75, 3.05) is 24.6 Å². The molecule has 0 spiro atoms. The van der Waals surface area contributed by atoms with Gasteiger partial charge in [0.15, 0.2) is 0 Å². The molecule has 2 fully saturated rings. The summed E-state index contributed by atoms with van der Waals surface area (Å²) in [6.45, 7) is 3.32. The van der Waals surface area contributed by atoms with Crippen LogP contribution in [0.3, 0.4) is 0 Å². The molecule has 0 N–H and O–H groups in total. The van der Waals surface area contributed by atoms with E-state index in [0.717, 1.165) is 23.6 Å². The van der Waals surface area contributed by atoms with Gasteiger partial charge in [0.05, 0.1) is 30.7 Å². The Labute approximate surface area is 164 Å². The molecule has 2 saturated heterocycles. The number of amides is 2. The molecule has 2 unspecified atom stereocenters. The minimum absolute atomic E-state index is 0.150. The Kier molecular flexibility index (Phi) is 5.13. The van der Waals surface area contributed by atoms with E-state index in [4.69, 9.17) is 4.74 Å². The quantitative estimate of drug-likeness (QED) is 0.603. The van der Waals surface area contributed by atoms with E-state index >= 15 is 0 Å². The Balaban J connectivity index is 1.58. The second-order valence-corrected chi connectivity index (χ2v) is 7.37. The maximum atomic E-state index is 13.2. The second-order valence-electron chi connectivity index (χ2n) is 7.37. The van der Waals surface area contributed by atoms with Crippen molar-refractivity contribution in [2.45, 2.75) is 32.2 Å². The van der Waals surface area contributed by atoms with Gasteiger partial charge in [0.2, 0.25) is 5.91 Å². The molecule has 146 valence electrons. The summed E-state index contributed by atoms with van der Waals surface area (Å²) < 4.78 is 5.15. The number of nitrogens with zero attached hydrogens (tertiary/aromatic N) is 2. The fraction of sp³-hybridized carbons (Fsp3) is 0.409. The number of hydrogen-bond donors (Lipinski definition) is 0. The molecule has 2 aliphatic heterocycles. The summed E-state index contributed by atoms with van der Waals surface area (Å²) in [4.78, 5) is 41.4. The molecular formula is C22H24N2O4. The number of carbonyl (C=O) groups is 3. The van der Waals surface area contributed by atoms with E-state index in [9.17, 15) is 14.4 Å². The van der Waals surface area contributed by atoms with Crippen molar-refractivity contribution in [3.8, 4) is 0 Å². The van der Waals surface area contributed by atoms with Crippen molar-refractivity contribution in [1.82, 2.24) is 4.90 Å². The topological polar surface area (TPSA) is 66.9 Å². The van der Waals surface area contributed by atoms with Gasteiger partial charge in [0, 0.05) is 11.9 Å². The highest BCUT2D eigenvalue weighted by molar-refractivity contribution is 6.25. The van der Waals surface area contributed by atoms with Gasteiger partial charge in [-0.05, 0) is 37.8 Å². The molecule has 0 saturated carbocycles. The highest BCUT2D eigenvalue weighted by Crippen LogP contribution is 2.33. The third-order valence-electron chi connectivity index (χ3n) is 5.64. The second kappa shape index (κ2) is 7.72. The number of likely N-dealkylation sites (tertiary alicyclic amines) is 1. The average molecular weight is 380 g/mol. The Hall–Kier alpha value is -2.73. The number of hydrogen-bond acceptors (Lipinski definition) is 5. The lowest BCUT2D eigenvalue weighted by atomic mass is 9.96. The summed E-state index contributed by atoms with van der Waals surface area (Å²) in [5.41, 5.74) is 0.634. The molecule has 2 atom stereocenters. The monoisotopic (exact) mass is 380 g/mol. The van der Waals surface area contributed by atoms with Crippen LogP contribution in [0.2, 0.25) is 0 Å². The normalized spacial score (nSPS) is 23.4. The van der Waals surface area contributed by atoms with Crippen LogP contribution in [0.15, 0.2) is 42.5 Å². The van der Waals surface area contributed by atoms with Crippen molar-refractivity contribution >= 4 is 34.2 Å². The van der Waals surface area contributed by atoms with Crippen LogP contribution >= 0.6 is 0 Å². The first kappa shape index (κ1) is 18.6. The van der Waals surface area contributed by atoms with Crippen molar-refractivity contribution in [2.24, 2.45) is 5.92 Å². The number of ether oxygens (including phenoxy) is 1. The molecule has 4 rings (SSSR count). The van der Waals surface area contributed by atoms with Crippen LogP contribution in [0.1, 0.15) is 26.2 Å². The number of fused-ring (bicyclic) bond motifs is 1. The lowest BCUT2D eigenvalue weighted by Gasteiger charge is -2.34. The Morgan fingerprint density at radius 1 is 1.14 bits per heavy atom. The minimum Gasteiger partial charge on any atom is -0.466 e. The summed E-state index contributed by atoms with van der Waals surface area (Å²) in [5, 5.41) is 1.87. The first-order chi connectivity index (χ1) is 13.6. The first-order valence-corrected chi connectivity index (χ1v) is 9.85.